The summed E-state index contributed by atoms with van der Waals surface area (Å²) in [5.74, 6) is 0.212. The molecule has 0 heterocycles. The van der Waals surface area contributed by atoms with Crippen LogP contribution in [0.15, 0.2) is 42.5 Å². The highest BCUT2D eigenvalue weighted by Crippen LogP contribution is 2.41. The lowest BCUT2D eigenvalue weighted by atomic mass is 9.72. The van der Waals surface area contributed by atoms with Gasteiger partial charge in [-0.25, -0.2) is 0 Å². The minimum Gasteiger partial charge on any atom is -0.385 e. The molecule has 0 aliphatic heterocycles. The molecule has 1 aromatic rings. The highest BCUT2D eigenvalue weighted by atomic mass is 16.3. The van der Waals surface area contributed by atoms with Gasteiger partial charge in [0.2, 0.25) is 0 Å². The van der Waals surface area contributed by atoms with E-state index in [-0.39, 0.29) is 5.92 Å². The Kier molecular flexibility index (Phi) is 3.15. The maximum absolute atomic E-state index is 10.7. The first-order chi connectivity index (χ1) is 7.62. The van der Waals surface area contributed by atoms with E-state index in [2.05, 4.69) is 6.58 Å². The minimum absolute atomic E-state index is 0.212. The summed E-state index contributed by atoms with van der Waals surface area (Å²) in [7, 11) is 0. The topological polar surface area (TPSA) is 20.2 Å². The second kappa shape index (κ2) is 4.42. The summed E-state index contributed by atoms with van der Waals surface area (Å²) in [6.07, 6.45) is 4.54. The van der Waals surface area contributed by atoms with Gasteiger partial charge < -0.3 is 5.11 Å². The fourth-order valence-electron chi connectivity index (χ4n) is 2.73. The molecular formula is C15H20O. The first-order valence-corrected chi connectivity index (χ1v) is 6.08. The molecule has 0 saturated heterocycles. The zero-order valence-corrected chi connectivity index (χ0v) is 9.95. The van der Waals surface area contributed by atoms with Crippen LogP contribution in [0.2, 0.25) is 0 Å². The lowest BCUT2D eigenvalue weighted by Gasteiger charge is -2.37. The van der Waals surface area contributed by atoms with E-state index in [4.69, 9.17) is 0 Å². The predicted octanol–water partition coefficient (Wildman–Crippen LogP) is 3.64. The number of aliphatic hydroxyl groups is 1. The van der Waals surface area contributed by atoms with Gasteiger partial charge in [0.25, 0.3) is 0 Å². The Bertz CT molecular complexity index is 364. The van der Waals surface area contributed by atoms with Crippen LogP contribution in [0.3, 0.4) is 0 Å². The highest BCUT2D eigenvalue weighted by Gasteiger charge is 2.36. The highest BCUT2D eigenvalue weighted by molar-refractivity contribution is 5.26. The number of hydrogen-bond donors (Lipinski definition) is 1. The Balaban J connectivity index is 2.27. The first-order valence-electron chi connectivity index (χ1n) is 6.08. The maximum Gasteiger partial charge on any atom is 0.0933 e. The lowest BCUT2D eigenvalue weighted by Crippen LogP contribution is -2.34. The van der Waals surface area contributed by atoms with Crippen LogP contribution in [0.1, 0.15) is 38.2 Å². The molecule has 0 amide bonds. The standard InChI is InChI=1S/C15H20O/c1-12-8-6-7-11-14(12)15(2,16)13-9-4-3-5-10-13/h3-5,9-10,14,16H,1,6-8,11H2,2H3. The van der Waals surface area contributed by atoms with Gasteiger partial charge in [-0.1, -0.05) is 48.9 Å². The van der Waals surface area contributed by atoms with Crippen LogP contribution in [-0.2, 0) is 5.60 Å². The number of rotatable bonds is 2. The molecule has 16 heavy (non-hydrogen) atoms. The average Bonchev–Trinajstić information content (AvgIpc) is 2.30. The van der Waals surface area contributed by atoms with Gasteiger partial charge in [0.05, 0.1) is 5.60 Å². The Morgan fingerprint density at radius 1 is 1.25 bits per heavy atom. The molecule has 0 spiro atoms. The van der Waals surface area contributed by atoms with Crippen LogP contribution >= 0.6 is 0 Å². The molecule has 1 aliphatic carbocycles. The van der Waals surface area contributed by atoms with E-state index in [0.29, 0.717) is 0 Å². The maximum atomic E-state index is 10.7. The summed E-state index contributed by atoms with van der Waals surface area (Å²) in [5, 5.41) is 10.7. The molecule has 1 aliphatic rings. The van der Waals surface area contributed by atoms with Crippen LogP contribution in [0.4, 0.5) is 0 Å². The van der Waals surface area contributed by atoms with Crippen LogP contribution in [0, 0.1) is 5.92 Å². The Labute approximate surface area is 97.8 Å². The molecule has 0 aromatic heterocycles. The van der Waals surface area contributed by atoms with Crippen molar-refractivity contribution in [3.05, 3.63) is 48.0 Å². The van der Waals surface area contributed by atoms with Crippen LogP contribution in [-0.4, -0.2) is 5.11 Å². The number of hydrogen-bond acceptors (Lipinski definition) is 1. The second-order valence-corrected chi connectivity index (χ2v) is 4.97. The normalized spacial score (nSPS) is 25.1. The summed E-state index contributed by atoms with van der Waals surface area (Å²) in [4.78, 5) is 0. The summed E-state index contributed by atoms with van der Waals surface area (Å²) < 4.78 is 0. The Morgan fingerprint density at radius 3 is 2.56 bits per heavy atom. The molecule has 0 bridgehead atoms. The van der Waals surface area contributed by atoms with Gasteiger partial charge in [0.1, 0.15) is 0 Å². The van der Waals surface area contributed by atoms with E-state index < -0.39 is 5.60 Å². The zero-order chi connectivity index (χ0) is 11.6. The van der Waals surface area contributed by atoms with Crippen LogP contribution in [0.25, 0.3) is 0 Å². The molecule has 1 N–H and O–H groups in total. The van der Waals surface area contributed by atoms with Gasteiger partial charge in [-0.05, 0) is 31.7 Å². The third-order valence-electron chi connectivity index (χ3n) is 3.77. The third-order valence-corrected chi connectivity index (χ3v) is 3.77. The van der Waals surface area contributed by atoms with E-state index in [0.717, 1.165) is 18.4 Å². The van der Waals surface area contributed by atoms with Gasteiger partial charge in [0, 0.05) is 5.92 Å². The van der Waals surface area contributed by atoms with Gasteiger partial charge in [-0.2, -0.15) is 0 Å². The van der Waals surface area contributed by atoms with E-state index in [1.54, 1.807) is 0 Å². The molecule has 2 rings (SSSR count). The smallest absolute Gasteiger partial charge is 0.0933 e. The van der Waals surface area contributed by atoms with Crippen molar-refractivity contribution in [3.63, 3.8) is 0 Å². The summed E-state index contributed by atoms with van der Waals surface area (Å²) in [5.41, 5.74) is 1.45. The van der Waals surface area contributed by atoms with Crippen molar-refractivity contribution in [2.75, 3.05) is 0 Å². The summed E-state index contributed by atoms with van der Waals surface area (Å²) in [6, 6.07) is 9.95. The fourth-order valence-corrected chi connectivity index (χ4v) is 2.73. The van der Waals surface area contributed by atoms with Crippen molar-refractivity contribution in [1.82, 2.24) is 0 Å². The minimum atomic E-state index is -0.765. The number of benzene rings is 1. The predicted molar refractivity (Wildman–Crippen MR) is 67.1 cm³/mol. The largest absolute Gasteiger partial charge is 0.385 e. The van der Waals surface area contributed by atoms with Gasteiger partial charge in [0.15, 0.2) is 0 Å². The van der Waals surface area contributed by atoms with Crippen molar-refractivity contribution in [3.8, 4) is 0 Å². The average molecular weight is 216 g/mol. The SMILES string of the molecule is C=C1CCCCC1C(C)(O)c1ccccc1. The van der Waals surface area contributed by atoms with Crippen LogP contribution in [0.5, 0.6) is 0 Å². The summed E-state index contributed by atoms with van der Waals surface area (Å²) in [6.45, 7) is 6.05. The molecule has 1 saturated carbocycles. The van der Waals surface area contributed by atoms with E-state index in [1.165, 1.54) is 18.4 Å². The monoisotopic (exact) mass is 216 g/mol. The molecule has 2 unspecified atom stereocenters. The van der Waals surface area contributed by atoms with E-state index >= 15 is 0 Å². The van der Waals surface area contributed by atoms with E-state index in [9.17, 15) is 5.11 Å². The fraction of sp³-hybridized carbons (Fsp3) is 0.467. The van der Waals surface area contributed by atoms with E-state index in [1.807, 2.05) is 37.3 Å². The molecule has 0 radical (unpaired) electrons. The van der Waals surface area contributed by atoms with Crippen molar-refractivity contribution < 1.29 is 5.11 Å². The summed E-state index contributed by atoms with van der Waals surface area (Å²) >= 11 is 0. The molecule has 86 valence electrons. The zero-order valence-electron chi connectivity index (χ0n) is 9.95. The quantitative estimate of drug-likeness (QED) is 0.748. The van der Waals surface area contributed by atoms with Gasteiger partial charge in [-0.3, -0.25) is 0 Å². The Hall–Kier alpha value is -1.08. The molecular weight excluding hydrogens is 196 g/mol. The van der Waals surface area contributed by atoms with Gasteiger partial charge in [-0.15, -0.1) is 0 Å². The van der Waals surface area contributed by atoms with Crippen molar-refractivity contribution in [1.29, 1.82) is 0 Å². The third kappa shape index (κ3) is 2.05. The van der Waals surface area contributed by atoms with Crippen molar-refractivity contribution in [2.45, 2.75) is 38.2 Å². The molecule has 2 atom stereocenters. The second-order valence-electron chi connectivity index (χ2n) is 4.97. The molecule has 1 heteroatoms. The first kappa shape index (κ1) is 11.4. The molecule has 1 fully saturated rings. The Morgan fingerprint density at radius 2 is 1.94 bits per heavy atom. The van der Waals surface area contributed by atoms with Crippen molar-refractivity contribution >= 4 is 0 Å². The van der Waals surface area contributed by atoms with Crippen molar-refractivity contribution in [2.24, 2.45) is 5.92 Å². The lowest BCUT2D eigenvalue weighted by molar-refractivity contribution is -0.000326. The molecule has 1 nitrogen and oxygen atoms in total. The van der Waals surface area contributed by atoms with Gasteiger partial charge >= 0.3 is 0 Å². The molecule has 1 aromatic carbocycles. The van der Waals surface area contributed by atoms with Crippen LogP contribution < -0.4 is 0 Å².